The third-order valence-corrected chi connectivity index (χ3v) is 5.37. The Labute approximate surface area is 168 Å². The fourth-order valence-corrected chi connectivity index (χ4v) is 3.76. The molecule has 28 heavy (non-hydrogen) atoms. The van der Waals surface area contributed by atoms with Gasteiger partial charge in [0.05, 0.1) is 11.3 Å². The predicted octanol–water partition coefficient (Wildman–Crippen LogP) is 6.14. The number of nitrogens with zero attached hydrogens (tertiary/aromatic N) is 1. The van der Waals surface area contributed by atoms with Gasteiger partial charge in [0.25, 0.3) is 0 Å². The minimum Gasteiger partial charge on any atom is -0.456 e. The first-order valence-corrected chi connectivity index (χ1v) is 9.92. The minimum absolute atomic E-state index is 0.157. The normalized spacial score (nSPS) is 10.6. The van der Waals surface area contributed by atoms with Crippen LogP contribution in [0.4, 0.5) is 0 Å². The third kappa shape index (κ3) is 4.02. The summed E-state index contributed by atoms with van der Waals surface area (Å²) < 4.78 is 5.55. The summed E-state index contributed by atoms with van der Waals surface area (Å²) in [6.07, 6.45) is 0. The van der Waals surface area contributed by atoms with Gasteiger partial charge < -0.3 is 4.74 Å². The van der Waals surface area contributed by atoms with Gasteiger partial charge in [-0.05, 0) is 24.1 Å². The number of aryl methyl sites for hydroxylation is 1. The molecule has 0 N–H and O–H groups in total. The zero-order valence-electron chi connectivity index (χ0n) is 15.5. The Morgan fingerprint density at radius 3 is 2.39 bits per heavy atom. The Kier molecular flexibility index (Phi) is 5.31. The van der Waals surface area contributed by atoms with Gasteiger partial charge in [0.15, 0.2) is 0 Å². The molecule has 0 radical (unpaired) electrons. The maximum atomic E-state index is 12.7. The van der Waals surface area contributed by atoms with Crippen LogP contribution in [-0.4, -0.2) is 11.0 Å². The molecule has 4 aromatic rings. The molecule has 4 rings (SSSR count). The van der Waals surface area contributed by atoms with Gasteiger partial charge in [0, 0.05) is 10.9 Å². The van der Waals surface area contributed by atoms with Crippen molar-refractivity contribution in [2.45, 2.75) is 13.5 Å². The summed E-state index contributed by atoms with van der Waals surface area (Å²) in [6, 6.07) is 25.6. The van der Waals surface area contributed by atoms with Crippen LogP contribution in [0.1, 0.15) is 21.6 Å². The van der Waals surface area contributed by atoms with Gasteiger partial charge in [0.1, 0.15) is 11.6 Å². The van der Waals surface area contributed by atoms with Crippen molar-refractivity contribution >= 4 is 17.3 Å². The molecule has 0 aliphatic heterocycles. The SMILES string of the molecule is Cc1ccc(-c2nc(COC(=O)c3ccccc3-c3ccccc3)cs2)cc1. The molecule has 0 bridgehead atoms. The quantitative estimate of drug-likeness (QED) is 0.387. The summed E-state index contributed by atoms with van der Waals surface area (Å²) in [6.45, 7) is 2.22. The molecular weight excluding hydrogens is 366 g/mol. The van der Waals surface area contributed by atoms with E-state index in [1.165, 1.54) is 5.56 Å². The van der Waals surface area contributed by atoms with Gasteiger partial charge >= 0.3 is 5.97 Å². The number of esters is 1. The van der Waals surface area contributed by atoms with E-state index in [0.717, 1.165) is 27.4 Å². The van der Waals surface area contributed by atoms with Crippen molar-refractivity contribution in [1.29, 1.82) is 0 Å². The molecule has 4 heteroatoms. The molecule has 0 saturated carbocycles. The number of carbonyl (C=O) groups excluding carboxylic acids is 1. The minimum atomic E-state index is -0.343. The molecule has 0 aliphatic rings. The van der Waals surface area contributed by atoms with Crippen LogP contribution in [0.3, 0.4) is 0 Å². The van der Waals surface area contributed by atoms with Crippen molar-refractivity contribution in [1.82, 2.24) is 4.98 Å². The molecule has 0 fully saturated rings. The highest BCUT2D eigenvalue weighted by atomic mass is 32.1. The predicted molar refractivity (Wildman–Crippen MR) is 113 cm³/mol. The average Bonchev–Trinajstić information content (AvgIpc) is 3.22. The molecule has 1 aromatic heterocycles. The van der Waals surface area contributed by atoms with E-state index in [2.05, 4.69) is 36.2 Å². The number of ether oxygens (including phenoxy) is 1. The van der Waals surface area contributed by atoms with Gasteiger partial charge in [-0.3, -0.25) is 0 Å². The monoisotopic (exact) mass is 385 g/mol. The highest BCUT2D eigenvalue weighted by Gasteiger charge is 2.14. The maximum Gasteiger partial charge on any atom is 0.339 e. The number of carbonyl (C=O) groups is 1. The number of benzene rings is 3. The number of hydrogen-bond acceptors (Lipinski definition) is 4. The molecule has 3 nitrogen and oxygen atoms in total. The Balaban J connectivity index is 1.48. The van der Waals surface area contributed by atoms with Crippen molar-refractivity contribution in [3.63, 3.8) is 0 Å². The van der Waals surface area contributed by atoms with Crippen molar-refractivity contribution in [3.8, 4) is 21.7 Å². The number of aromatic nitrogens is 1. The Morgan fingerprint density at radius 2 is 1.61 bits per heavy atom. The van der Waals surface area contributed by atoms with Gasteiger partial charge in [-0.1, -0.05) is 78.4 Å². The van der Waals surface area contributed by atoms with Crippen LogP contribution in [-0.2, 0) is 11.3 Å². The average molecular weight is 385 g/mol. The summed E-state index contributed by atoms with van der Waals surface area (Å²) >= 11 is 1.55. The van der Waals surface area contributed by atoms with Gasteiger partial charge in [-0.15, -0.1) is 11.3 Å². The van der Waals surface area contributed by atoms with E-state index in [4.69, 9.17) is 4.74 Å². The highest BCUT2D eigenvalue weighted by Crippen LogP contribution is 2.26. The van der Waals surface area contributed by atoms with Gasteiger partial charge in [0.2, 0.25) is 0 Å². The van der Waals surface area contributed by atoms with Crippen molar-refractivity contribution in [3.05, 3.63) is 101 Å². The van der Waals surface area contributed by atoms with Crippen LogP contribution in [0.2, 0.25) is 0 Å². The lowest BCUT2D eigenvalue weighted by atomic mass is 10.00. The summed E-state index contributed by atoms with van der Waals surface area (Å²) in [5, 5.41) is 2.86. The standard InChI is InChI=1S/C24H19NO2S/c1-17-11-13-19(14-12-17)23-25-20(16-28-23)15-27-24(26)22-10-6-5-9-21(22)18-7-3-2-4-8-18/h2-14,16H,15H2,1H3. The van der Waals surface area contributed by atoms with Crippen LogP contribution in [0.5, 0.6) is 0 Å². The summed E-state index contributed by atoms with van der Waals surface area (Å²) in [7, 11) is 0. The lowest BCUT2D eigenvalue weighted by molar-refractivity contribution is 0.0469. The van der Waals surface area contributed by atoms with E-state index in [1.807, 2.05) is 53.9 Å². The third-order valence-electron chi connectivity index (χ3n) is 4.43. The first-order chi connectivity index (χ1) is 13.7. The van der Waals surface area contributed by atoms with E-state index < -0.39 is 0 Å². The highest BCUT2D eigenvalue weighted by molar-refractivity contribution is 7.13. The molecule has 0 aliphatic carbocycles. The maximum absolute atomic E-state index is 12.7. The van der Waals surface area contributed by atoms with E-state index in [9.17, 15) is 4.79 Å². The van der Waals surface area contributed by atoms with Crippen LogP contribution in [0.25, 0.3) is 21.7 Å². The van der Waals surface area contributed by atoms with E-state index in [-0.39, 0.29) is 12.6 Å². The molecular formula is C24H19NO2S. The summed E-state index contributed by atoms with van der Waals surface area (Å²) in [5.41, 5.74) is 5.46. The molecule has 3 aromatic carbocycles. The Morgan fingerprint density at radius 1 is 0.893 bits per heavy atom. The van der Waals surface area contributed by atoms with Gasteiger partial charge in [-0.2, -0.15) is 0 Å². The number of thiazole rings is 1. The van der Waals surface area contributed by atoms with Crippen LogP contribution in [0, 0.1) is 6.92 Å². The summed E-state index contributed by atoms with van der Waals surface area (Å²) in [5.74, 6) is -0.343. The fraction of sp³-hybridized carbons (Fsp3) is 0.0833. The van der Waals surface area contributed by atoms with Crippen molar-refractivity contribution < 1.29 is 9.53 Å². The number of hydrogen-bond donors (Lipinski definition) is 0. The topological polar surface area (TPSA) is 39.2 Å². The smallest absolute Gasteiger partial charge is 0.339 e. The Bertz CT molecular complexity index is 1090. The van der Waals surface area contributed by atoms with Crippen LogP contribution < -0.4 is 0 Å². The number of rotatable bonds is 5. The molecule has 0 amide bonds. The molecule has 1 heterocycles. The molecule has 138 valence electrons. The molecule has 0 atom stereocenters. The van der Waals surface area contributed by atoms with Gasteiger partial charge in [-0.25, -0.2) is 9.78 Å². The second kappa shape index (κ2) is 8.19. The molecule has 0 unspecified atom stereocenters. The van der Waals surface area contributed by atoms with Crippen LogP contribution >= 0.6 is 11.3 Å². The van der Waals surface area contributed by atoms with E-state index >= 15 is 0 Å². The zero-order valence-corrected chi connectivity index (χ0v) is 16.3. The molecule has 0 spiro atoms. The molecule has 0 saturated heterocycles. The van der Waals surface area contributed by atoms with E-state index in [0.29, 0.717) is 5.56 Å². The first-order valence-electron chi connectivity index (χ1n) is 9.04. The summed E-state index contributed by atoms with van der Waals surface area (Å²) in [4.78, 5) is 17.3. The fourth-order valence-electron chi connectivity index (χ4n) is 2.95. The van der Waals surface area contributed by atoms with Crippen molar-refractivity contribution in [2.24, 2.45) is 0 Å². The van der Waals surface area contributed by atoms with E-state index in [1.54, 1.807) is 17.4 Å². The van der Waals surface area contributed by atoms with Crippen molar-refractivity contribution in [2.75, 3.05) is 0 Å². The van der Waals surface area contributed by atoms with Crippen LogP contribution in [0.15, 0.2) is 84.2 Å². The lowest BCUT2D eigenvalue weighted by Gasteiger charge is -2.09. The Hall–Kier alpha value is -3.24. The first kappa shape index (κ1) is 18.1. The largest absolute Gasteiger partial charge is 0.456 e. The second-order valence-electron chi connectivity index (χ2n) is 6.50. The second-order valence-corrected chi connectivity index (χ2v) is 7.36. The lowest BCUT2D eigenvalue weighted by Crippen LogP contribution is -2.07. The zero-order chi connectivity index (χ0) is 19.3.